The molecule has 6 heteroatoms. The van der Waals surface area contributed by atoms with Crippen molar-refractivity contribution in [3.63, 3.8) is 0 Å². The molecule has 0 saturated heterocycles. The quantitative estimate of drug-likeness (QED) is 0.754. The Morgan fingerprint density at radius 2 is 2.04 bits per heavy atom. The van der Waals surface area contributed by atoms with Crippen LogP contribution in [0, 0.1) is 23.2 Å². The first-order valence-electron chi connectivity index (χ1n) is 8.27. The van der Waals surface area contributed by atoms with E-state index in [2.05, 4.69) is 11.4 Å². The number of hydrogen-bond acceptors (Lipinski definition) is 4. The molecule has 0 aliphatic carbocycles. The molecular formula is C19H26N2O4. The van der Waals surface area contributed by atoms with Crippen LogP contribution in [0.25, 0.3) is 0 Å². The molecule has 1 unspecified atom stereocenters. The van der Waals surface area contributed by atoms with Gasteiger partial charge < -0.3 is 15.2 Å². The highest BCUT2D eigenvalue weighted by Crippen LogP contribution is 2.21. The summed E-state index contributed by atoms with van der Waals surface area (Å²) in [5.74, 6) is -1.50. The van der Waals surface area contributed by atoms with Crippen LogP contribution in [0.15, 0.2) is 24.3 Å². The maximum Gasteiger partial charge on any atom is 0.306 e. The number of carbonyl (C=O) groups excluding carboxylic acids is 1. The lowest BCUT2D eigenvalue weighted by atomic mass is 9.88. The number of benzene rings is 1. The van der Waals surface area contributed by atoms with Crippen molar-refractivity contribution in [2.45, 2.75) is 46.1 Å². The van der Waals surface area contributed by atoms with E-state index in [1.54, 1.807) is 6.07 Å². The number of carbonyl (C=O) groups is 2. The predicted octanol–water partition coefficient (Wildman–Crippen LogP) is 2.77. The number of carboxylic acid groups (broad SMARTS) is 1. The summed E-state index contributed by atoms with van der Waals surface area (Å²) in [5.41, 5.74) is 0.549. The lowest BCUT2D eigenvalue weighted by molar-refractivity contribution is -0.137. The Morgan fingerprint density at radius 3 is 2.60 bits per heavy atom. The number of hydrogen-bond donors (Lipinski definition) is 2. The van der Waals surface area contributed by atoms with Gasteiger partial charge in [-0.2, -0.15) is 5.26 Å². The Bertz CT molecular complexity index is 644. The molecule has 1 amide bonds. The summed E-state index contributed by atoms with van der Waals surface area (Å²) in [7, 11) is 0. The summed E-state index contributed by atoms with van der Waals surface area (Å²) >= 11 is 0. The molecule has 136 valence electrons. The number of aliphatic carboxylic acids is 1. The van der Waals surface area contributed by atoms with Crippen molar-refractivity contribution in [2.24, 2.45) is 11.8 Å². The highest BCUT2D eigenvalue weighted by Gasteiger charge is 2.27. The number of nitrogens with zero attached hydrogens (tertiary/aromatic N) is 1. The highest BCUT2D eigenvalue weighted by molar-refractivity contribution is 5.82. The largest absolute Gasteiger partial charge is 0.493 e. The Morgan fingerprint density at radius 1 is 1.36 bits per heavy atom. The van der Waals surface area contributed by atoms with Gasteiger partial charge in [-0.25, -0.2) is 0 Å². The Balaban J connectivity index is 2.71. The summed E-state index contributed by atoms with van der Waals surface area (Å²) in [4.78, 5) is 22.8. The van der Waals surface area contributed by atoms with Gasteiger partial charge in [0.1, 0.15) is 11.7 Å². The van der Waals surface area contributed by atoms with Crippen LogP contribution >= 0.6 is 0 Å². The fourth-order valence-electron chi connectivity index (χ4n) is 2.40. The third kappa shape index (κ3) is 7.71. The summed E-state index contributed by atoms with van der Waals surface area (Å²) < 4.78 is 5.41. The predicted molar refractivity (Wildman–Crippen MR) is 94.1 cm³/mol. The number of rotatable bonds is 8. The molecule has 6 nitrogen and oxygen atoms in total. The van der Waals surface area contributed by atoms with Crippen molar-refractivity contribution < 1.29 is 19.4 Å². The first-order valence-corrected chi connectivity index (χ1v) is 8.27. The second-order valence-corrected chi connectivity index (χ2v) is 7.17. The van der Waals surface area contributed by atoms with Gasteiger partial charge in [0.2, 0.25) is 5.91 Å². The van der Waals surface area contributed by atoms with Crippen molar-refractivity contribution >= 4 is 11.9 Å². The molecule has 0 aliphatic heterocycles. The van der Waals surface area contributed by atoms with Crippen LogP contribution in [0.3, 0.4) is 0 Å². The van der Waals surface area contributed by atoms with Gasteiger partial charge in [0.05, 0.1) is 19.1 Å². The van der Waals surface area contributed by atoms with Crippen LogP contribution in [0.1, 0.15) is 39.7 Å². The topological polar surface area (TPSA) is 99.4 Å². The van der Waals surface area contributed by atoms with Crippen molar-refractivity contribution in [1.29, 1.82) is 5.26 Å². The molecular weight excluding hydrogens is 320 g/mol. The van der Waals surface area contributed by atoms with Crippen LogP contribution in [0.5, 0.6) is 5.75 Å². The van der Waals surface area contributed by atoms with Crippen LogP contribution in [0.2, 0.25) is 0 Å². The molecule has 1 aromatic carbocycles. The van der Waals surface area contributed by atoms with Crippen LogP contribution in [-0.2, 0) is 16.0 Å². The summed E-state index contributed by atoms with van der Waals surface area (Å²) in [6, 6.07) is 9.38. The van der Waals surface area contributed by atoms with Crippen LogP contribution in [-0.4, -0.2) is 29.1 Å². The van der Waals surface area contributed by atoms with Crippen molar-refractivity contribution in [2.75, 3.05) is 6.61 Å². The molecule has 0 saturated carbocycles. The summed E-state index contributed by atoms with van der Waals surface area (Å²) in [6.07, 6.45) is 0.482. The van der Waals surface area contributed by atoms with Crippen molar-refractivity contribution in [3.8, 4) is 11.8 Å². The average molecular weight is 346 g/mol. The zero-order valence-electron chi connectivity index (χ0n) is 15.2. The highest BCUT2D eigenvalue weighted by atomic mass is 16.5. The molecule has 2 atom stereocenters. The molecule has 1 rings (SSSR count). The van der Waals surface area contributed by atoms with E-state index in [4.69, 9.17) is 9.84 Å². The number of nitrogens with one attached hydrogen (secondary N) is 1. The van der Waals surface area contributed by atoms with Crippen LogP contribution < -0.4 is 10.1 Å². The lowest BCUT2D eigenvalue weighted by Crippen LogP contribution is -2.45. The molecule has 0 radical (unpaired) electrons. The van der Waals surface area contributed by atoms with E-state index in [0.717, 1.165) is 5.56 Å². The maximum atomic E-state index is 12.3. The SMILES string of the molecule is C[C@H](Cc1cccc(OCCC(=O)O)c1)C(C#N)C(=O)NC(C)(C)C. The third-order valence-electron chi connectivity index (χ3n) is 3.53. The van der Waals surface area contributed by atoms with E-state index >= 15 is 0 Å². The molecule has 0 aromatic heterocycles. The average Bonchev–Trinajstić information content (AvgIpc) is 2.46. The van der Waals surface area contributed by atoms with Gasteiger partial charge in [0.25, 0.3) is 0 Å². The molecule has 0 aliphatic rings. The second-order valence-electron chi connectivity index (χ2n) is 7.17. The molecule has 0 bridgehead atoms. The first-order chi connectivity index (χ1) is 11.6. The zero-order valence-corrected chi connectivity index (χ0v) is 15.2. The van der Waals surface area contributed by atoms with Gasteiger partial charge in [-0.15, -0.1) is 0 Å². The van der Waals surface area contributed by atoms with Gasteiger partial charge in [-0.1, -0.05) is 19.1 Å². The van der Waals surface area contributed by atoms with Crippen molar-refractivity contribution in [3.05, 3.63) is 29.8 Å². The van der Waals surface area contributed by atoms with E-state index in [1.165, 1.54) is 0 Å². The van der Waals surface area contributed by atoms with E-state index < -0.39 is 11.9 Å². The van der Waals surface area contributed by atoms with Gasteiger partial charge >= 0.3 is 5.97 Å². The molecule has 1 aromatic rings. The summed E-state index contributed by atoms with van der Waals surface area (Å²) in [6.45, 7) is 7.60. The summed E-state index contributed by atoms with van der Waals surface area (Å²) in [5, 5.41) is 20.9. The fourth-order valence-corrected chi connectivity index (χ4v) is 2.40. The molecule has 0 fully saturated rings. The minimum absolute atomic E-state index is 0.0654. The van der Waals surface area contributed by atoms with Gasteiger partial charge in [-0.05, 0) is 50.8 Å². The normalized spacial score (nSPS) is 13.4. The zero-order chi connectivity index (χ0) is 19.0. The van der Waals surface area contributed by atoms with Gasteiger partial charge in [-0.3, -0.25) is 9.59 Å². The van der Waals surface area contributed by atoms with Gasteiger partial charge in [0, 0.05) is 5.54 Å². The maximum absolute atomic E-state index is 12.3. The number of amides is 1. The Hall–Kier alpha value is -2.55. The third-order valence-corrected chi connectivity index (χ3v) is 3.53. The molecule has 0 heterocycles. The molecule has 0 spiro atoms. The van der Waals surface area contributed by atoms with Crippen LogP contribution in [0.4, 0.5) is 0 Å². The van der Waals surface area contributed by atoms with Gasteiger partial charge in [0.15, 0.2) is 0 Å². The monoisotopic (exact) mass is 346 g/mol. The standard InChI is InChI=1S/C19H26N2O4/c1-13(16(12-20)18(24)21-19(2,3)4)10-14-6-5-7-15(11-14)25-9-8-17(22)23/h5-7,11,13,16H,8-10H2,1-4H3,(H,21,24)(H,22,23)/t13-,16?/m1/s1. The number of ether oxygens (including phenoxy) is 1. The minimum Gasteiger partial charge on any atom is -0.493 e. The minimum atomic E-state index is -0.911. The second kappa shape index (κ2) is 9.07. The number of carboxylic acids is 1. The Kier molecular flexibility index (Phi) is 7.43. The Labute approximate surface area is 148 Å². The molecule has 2 N–H and O–H groups in total. The number of nitriles is 1. The smallest absolute Gasteiger partial charge is 0.306 e. The fraction of sp³-hybridized carbons (Fsp3) is 0.526. The van der Waals surface area contributed by atoms with E-state index in [1.807, 2.05) is 45.9 Å². The first kappa shape index (κ1) is 20.5. The van der Waals surface area contributed by atoms with E-state index in [-0.39, 0.29) is 30.4 Å². The molecule has 25 heavy (non-hydrogen) atoms. The van der Waals surface area contributed by atoms with E-state index in [0.29, 0.717) is 12.2 Å². The lowest BCUT2D eigenvalue weighted by Gasteiger charge is -2.24. The van der Waals surface area contributed by atoms with Crippen molar-refractivity contribution in [1.82, 2.24) is 5.32 Å². The van der Waals surface area contributed by atoms with E-state index in [9.17, 15) is 14.9 Å².